The third-order valence-electron chi connectivity index (χ3n) is 3.21. The van der Waals surface area contributed by atoms with Crippen molar-refractivity contribution in [3.8, 4) is 0 Å². The van der Waals surface area contributed by atoms with Gasteiger partial charge in [0.25, 0.3) is 5.97 Å². The SMILES string of the molecule is COC(CCc1ccc2nc(C)oc2c1)(OC)OC. The molecule has 0 saturated heterocycles. The molecule has 0 atom stereocenters. The number of oxazole rings is 1. The quantitative estimate of drug-likeness (QED) is 0.751. The molecule has 2 rings (SSSR count). The molecular weight excluding hydrogens is 246 g/mol. The first-order valence-corrected chi connectivity index (χ1v) is 6.14. The van der Waals surface area contributed by atoms with Crippen molar-refractivity contribution in [2.24, 2.45) is 0 Å². The van der Waals surface area contributed by atoms with Crippen LogP contribution < -0.4 is 0 Å². The number of benzene rings is 1. The van der Waals surface area contributed by atoms with Gasteiger partial charge in [0.1, 0.15) is 5.52 Å². The first kappa shape index (κ1) is 14.0. The number of aromatic nitrogens is 1. The van der Waals surface area contributed by atoms with Crippen molar-refractivity contribution in [2.45, 2.75) is 25.7 Å². The Morgan fingerprint density at radius 2 is 1.84 bits per heavy atom. The number of hydrogen-bond acceptors (Lipinski definition) is 5. The lowest BCUT2D eigenvalue weighted by molar-refractivity contribution is -0.354. The molecule has 0 aliphatic rings. The molecule has 104 valence electrons. The fourth-order valence-corrected chi connectivity index (χ4v) is 2.09. The Morgan fingerprint density at radius 1 is 1.16 bits per heavy atom. The first-order valence-electron chi connectivity index (χ1n) is 6.14. The van der Waals surface area contributed by atoms with Crippen molar-refractivity contribution in [3.05, 3.63) is 29.7 Å². The highest BCUT2D eigenvalue weighted by Gasteiger charge is 2.28. The van der Waals surface area contributed by atoms with E-state index in [-0.39, 0.29) is 0 Å². The molecule has 0 fully saturated rings. The predicted octanol–water partition coefficient (Wildman–Crippen LogP) is 2.66. The zero-order valence-electron chi connectivity index (χ0n) is 11.7. The van der Waals surface area contributed by atoms with Gasteiger partial charge in [0.15, 0.2) is 11.5 Å². The highest BCUT2D eigenvalue weighted by atomic mass is 16.9. The number of methoxy groups -OCH3 is 3. The number of ether oxygens (including phenoxy) is 3. The second-order valence-electron chi connectivity index (χ2n) is 4.33. The van der Waals surface area contributed by atoms with Crippen LogP contribution in [0.1, 0.15) is 17.9 Å². The van der Waals surface area contributed by atoms with Crippen LogP contribution in [0.5, 0.6) is 0 Å². The van der Waals surface area contributed by atoms with Crippen LogP contribution in [0.25, 0.3) is 11.1 Å². The molecule has 1 aromatic heterocycles. The number of nitrogens with zero attached hydrogens (tertiary/aromatic N) is 1. The summed E-state index contributed by atoms with van der Waals surface area (Å²) in [5, 5.41) is 0. The molecule has 5 nitrogen and oxygen atoms in total. The third-order valence-corrected chi connectivity index (χ3v) is 3.21. The van der Waals surface area contributed by atoms with Gasteiger partial charge in [0, 0.05) is 34.7 Å². The van der Waals surface area contributed by atoms with E-state index in [1.54, 1.807) is 21.3 Å². The largest absolute Gasteiger partial charge is 0.441 e. The van der Waals surface area contributed by atoms with Crippen molar-refractivity contribution in [1.29, 1.82) is 0 Å². The van der Waals surface area contributed by atoms with Crippen LogP contribution in [0.3, 0.4) is 0 Å². The van der Waals surface area contributed by atoms with Crippen LogP contribution in [-0.2, 0) is 20.6 Å². The van der Waals surface area contributed by atoms with E-state index >= 15 is 0 Å². The average Bonchev–Trinajstić information content (AvgIpc) is 2.80. The lowest BCUT2D eigenvalue weighted by Gasteiger charge is -2.28. The topological polar surface area (TPSA) is 53.7 Å². The Kier molecular flexibility index (Phi) is 4.19. The Hall–Kier alpha value is -1.43. The molecule has 19 heavy (non-hydrogen) atoms. The van der Waals surface area contributed by atoms with Gasteiger partial charge in [-0.2, -0.15) is 0 Å². The van der Waals surface area contributed by atoms with Gasteiger partial charge in [-0.25, -0.2) is 4.98 Å². The Bertz CT molecular complexity index is 537. The molecule has 0 aliphatic carbocycles. The molecule has 0 unspecified atom stereocenters. The maximum atomic E-state index is 5.51. The van der Waals surface area contributed by atoms with Gasteiger partial charge in [0.2, 0.25) is 0 Å². The summed E-state index contributed by atoms with van der Waals surface area (Å²) in [6.45, 7) is 1.84. The molecule has 0 spiro atoms. The molecule has 0 N–H and O–H groups in total. The Morgan fingerprint density at radius 3 is 2.47 bits per heavy atom. The average molecular weight is 265 g/mol. The van der Waals surface area contributed by atoms with Gasteiger partial charge in [-0.1, -0.05) is 6.07 Å². The molecule has 0 bridgehead atoms. The van der Waals surface area contributed by atoms with Gasteiger partial charge in [0.05, 0.1) is 0 Å². The van der Waals surface area contributed by atoms with Gasteiger partial charge in [-0.15, -0.1) is 0 Å². The number of aryl methyl sites for hydroxylation is 2. The van der Waals surface area contributed by atoms with E-state index in [0.29, 0.717) is 12.3 Å². The maximum absolute atomic E-state index is 5.51. The van der Waals surface area contributed by atoms with Crippen LogP contribution in [0.2, 0.25) is 0 Å². The monoisotopic (exact) mass is 265 g/mol. The second-order valence-corrected chi connectivity index (χ2v) is 4.33. The van der Waals surface area contributed by atoms with Crippen LogP contribution in [0.4, 0.5) is 0 Å². The molecule has 0 radical (unpaired) electrons. The van der Waals surface area contributed by atoms with Crippen LogP contribution in [-0.4, -0.2) is 32.3 Å². The molecular formula is C14H19NO4. The predicted molar refractivity (Wildman–Crippen MR) is 70.8 cm³/mol. The highest BCUT2D eigenvalue weighted by molar-refractivity contribution is 5.73. The van der Waals surface area contributed by atoms with Crippen molar-refractivity contribution >= 4 is 11.1 Å². The summed E-state index contributed by atoms with van der Waals surface area (Å²) in [4.78, 5) is 4.27. The van der Waals surface area contributed by atoms with Crippen LogP contribution >= 0.6 is 0 Å². The summed E-state index contributed by atoms with van der Waals surface area (Å²) >= 11 is 0. The van der Waals surface area contributed by atoms with E-state index in [4.69, 9.17) is 18.6 Å². The third kappa shape index (κ3) is 2.94. The van der Waals surface area contributed by atoms with Crippen molar-refractivity contribution in [1.82, 2.24) is 4.98 Å². The summed E-state index contributed by atoms with van der Waals surface area (Å²) in [6.07, 6.45) is 1.35. The van der Waals surface area contributed by atoms with Gasteiger partial charge in [-0.3, -0.25) is 0 Å². The Labute approximate surface area is 112 Å². The van der Waals surface area contributed by atoms with E-state index < -0.39 is 5.97 Å². The summed E-state index contributed by atoms with van der Waals surface area (Å²) < 4.78 is 21.3. The smallest absolute Gasteiger partial charge is 0.282 e. The van der Waals surface area contributed by atoms with Crippen molar-refractivity contribution < 1.29 is 18.6 Å². The summed E-state index contributed by atoms with van der Waals surface area (Å²) in [7, 11) is 4.70. The molecule has 0 saturated carbocycles. The molecule has 0 amide bonds. The van der Waals surface area contributed by atoms with Crippen LogP contribution in [0.15, 0.2) is 22.6 Å². The lowest BCUT2D eigenvalue weighted by atomic mass is 10.1. The van der Waals surface area contributed by atoms with E-state index in [9.17, 15) is 0 Å². The van der Waals surface area contributed by atoms with Gasteiger partial charge < -0.3 is 18.6 Å². The van der Waals surface area contributed by atoms with E-state index in [1.165, 1.54) is 0 Å². The summed E-state index contributed by atoms with van der Waals surface area (Å²) in [5.41, 5.74) is 2.80. The minimum Gasteiger partial charge on any atom is -0.441 e. The number of hydrogen-bond donors (Lipinski definition) is 0. The minimum atomic E-state index is -0.994. The van der Waals surface area contributed by atoms with Crippen LogP contribution in [0, 0.1) is 6.92 Å². The molecule has 1 heterocycles. The van der Waals surface area contributed by atoms with E-state index in [0.717, 1.165) is 23.1 Å². The zero-order valence-corrected chi connectivity index (χ0v) is 11.7. The van der Waals surface area contributed by atoms with E-state index in [1.807, 2.05) is 25.1 Å². The molecule has 5 heteroatoms. The minimum absolute atomic E-state index is 0.592. The normalized spacial score (nSPS) is 12.2. The van der Waals surface area contributed by atoms with Gasteiger partial charge >= 0.3 is 0 Å². The lowest BCUT2D eigenvalue weighted by Crippen LogP contribution is -2.36. The molecule has 0 aliphatic heterocycles. The fourth-order valence-electron chi connectivity index (χ4n) is 2.09. The van der Waals surface area contributed by atoms with E-state index in [2.05, 4.69) is 4.98 Å². The first-order chi connectivity index (χ1) is 9.12. The zero-order chi connectivity index (χ0) is 13.9. The number of fused-ring (bicyclic) bond motifs is 1. The fraction of sp³-hybridized carbons (Fsp3) is 0.500. The number of rotatable bonds is 6. The highest BCUT2D eigenvalue weighted by Crippen LogP contribution is 2.22. The van der Waals surface area contributed by atoms with Gasteiger partial charge in [-0.05, 0) is 24.1 Å². The van der Waals surface area contributed by atoms with Crippen molar-refractivity contribution in [3.63, 3.8) is 0 Å². The molecule has 2 aromatic rings. The Balaban J connectivity index is 2.12. The second kappa shape index (κ2) is 5.69. The molecule has 1 aromatic carbocycles. The standard InChI is InChI=1S/C14H19NO4/c1-10-15-12-6-5-11(9-13(12)19-10)7-8-14(16-2,17-3)18-4/h5-6,9H,7-8H2,1-4H3. The van der Waals surface area contributed by atoms with Crippen molar-refractivity contribution in [2.75, 3.05) is 21.3 Å². The maximum Gasteiger partial charge on any atom is 0.282 e. The summed E-state index contributed by atoms with van der Waals surface area (Å²) in [6, 6.07) is 5.96. The summed E-state index contributed by atoms with van der Waals surface area (Å²) in [5.74, 6) is -0.320.